The Hall–Kier alpha value is -1.95. The number of nitrogens with one attached hydrogen (secondary N) is 3. The van der Waals surface area contributed by atoms with Crippen molar-refractivity contribution in [2.24, 2.45) is 0 Å². The molecule has 0 aliphatic rings. The van der Waals surface area contributed by atoms with E-state index in [1.807, 2.05) is 19.1 Å². The van der Waals surface area contributed by atoms with E-state index in [1.165, 1.54) is 6.92 Å². The summed E-state index contributed by atoms with van der Waals surface area (Å²) in [6, 6.07) is 5.51. The summed E-state index contributed by atoms with van der Waals surface area (Å²) in [5.74, 6) is -0.207. The van der Waals surface area contributed by atoms with Crippen LogP contribution in [-0.4, -0.2) is 16.9 Å². The van der Waals surface area contributed by atoms with Crippen molar-refractivity contribution in [2.45, 2.75) is 52.9 Å². The number of amides is 2. The highest BCUT2D eigenvalue weighted by Gasteiger charge is 2.07. The molecular formula is C17H25N3O2S. The van der Waals surface area contributed by atoms with Crippen LogP contribution < -0.4 is 16.0 Å². The summed E-state index contributed by atoms with van der Waals surface area (Å²) in [6.07, 6.45) is 4.70. The van der Waals surface area contributed by atoms with E-state index < -0.39 is 0 Å². The first kappa shape index (κ1) is 19.1. The Kier molecular flexibility index (Phi) is 8.26. The zero-order valence-corrected chi connectivity index (χ0v) is 14.8. The lowest BCUT2D eigenvalue weighted by atomic mass is 10.1. The molecule has 6 heteroatoms. The summed E-state index contributed by atoms with van der Waals surface area (Å²) >= 11 is 5.15. The van der Waals surface area contributed by atoms with Gasteiger partial charge in [-0.2, -0.15) is 0 Å². The Labute approximate surface area is 143 Å². The van der Waals surface area contributed by atoms with E-state index in [9.17, 15) is 9.59 Å². The van der Waals surface area contributed by atoms with Crippen LogP contribution in [0.1, 0.15) is 51.5 Å². The number of aryl methyl sites for hydroxylation is 1. The average Bonchev–Trinajstić information content (AvgIpc) is 2.46. The minimum atomic E-state index is -0.131. The van der Waals surface area contributed by atoms with Crippen LogP contribution in [0.4, 0.5) is 11.4 Å². The SMILES string of the molecule is CCCCCCC(=O)NC(=S)Nc1ccc(C)c(NC(C)=O)c1. The standard InChI is InChI=1S/C17H25N3O2S/c1-4-5-6-7-8-16(22)20-17(23)19-14-10-9-12(2)15(11-14)18-13(3)21/h9-11H,4-8H2,1-3H3,(H,18,21)(H2,19,20,22,23). The third kappa shape index (κ3) is 7.74. The van der Waals surface area contributed by atoms with E-state index in [0.29, 0.717) is 6.42 Å². The van der Waals surface area contributed by atoms with Gasteiger partial charge in [0.05, 0.1) is 0 Å². The Balaban J connectivity index is 2.50. The van der Waals surface area contributed by atoms with Crippen LogP contribution in [0.3, 0.4) is 0 Å². The molecule has 3 N–H and O–H groups in total. The molecule has 126 valence electrons. The third-order valence-corrected chi connectivity index (χ3v) is 3.52. The monoisotopic (exact) mass is 335 g/mol. The fourth-order valence-electron chi connectivity index (χ4n) is 2.09. The van der Waals surface area contributed by atoms with Gasteiger partial charge in [0.15, 0.2) is 5.11 Å². The van der Waals surface area contributed by atoms with Crippen molar-refractivity contribution in [1.82, 2.24) is 5.32 Å². The number of hydrogen-bond donors (Lipinski definition) is 3. The number of rotatable bonds is 7. The highest BCUT2D eigenvalue weighted by Crippen LogP contribution is 2.20. The van der Waals surface area contributed by atoms with Gasteiger partial charge in [-0.25, -0.2) is 0 Å². The fraction of sp³-hybridized carbons (Fsp3) is 0.471. The maximum atomic E-state index is 11.8. The van der Waals surface area contributed by atoms with Crippen molar-refractivity contribution in [3.63, 3.8) is 0 Å². The Bertz CT molecular complexity index is 573. The van der Waals surface area contributed by atoms with Crippen LogP contribution in [0.5, 0.6) is 0 Å². The summed E-state index contributed by atoms with van der Waals surface area (Å²) in [7, 11) is 0. The smallest absolute Gasteiger partial charge is 0.226 e. The number of benzene rings is 1. The summed E-state index contributed by atoms with van der Waals surface area (Å²) < 4.78 is 0. The van der Waals surface area contributed by atoms with E-state index in [-0.39, 0.29) is 16.9 Å². The average molecular weight is 335 g/mol. The minimum Gasteiger partial charge on any atom is -0.332 e. The molecule has 0 radical (unpaired) electrons. The molecule has 23 heavy (non-hydrogen) atoms. The molecule has 0 spiro atoms. The topological polar surface area (TPSA) is 70.2 Å². The molecule has 0 aliphatic heterocycles. The van der Waals surface area contributed by atoms with Gasteiger partial charge in [-0.3, -0.25) is 9.59 Å². The summed E-state index contributed by atoms with van der Waals surface area (Å²) in [6.45, 7) is 5.50. The van der Waals surface area contributed by atoms with Crippen LogP contribution in [0.2, 0.25) is 0 Å². The lowest BCUT2D eigenvalue weighted by Crippen LogP contribution is -2.33. The van der Waals surface area contributed by atoms with Crippen LogP contribution in [-0.2, 0) is 9.59 Å². The first-order valence-electron chi connectivity index (χ1n) is 7.91. The van der Waals surface area contributed by atoms with E-state index in [2.05, 4.69) is 22.9 Å². The maximum absolute atomic E-state index is 11.8. The lowest BCUT2D eigenvalue weighted by molar-refractivity contribution is -0.119. The van der Waals surface area contributed by atoms with Crippen molar-refractivity contribution in [3.05, 3.63) is 23.8 Å². The van der Waals surface area contributed by atoms with Crippen molar-refractivity contribution in [2.75, 3.05) is 10.6 Å². The summed E-state index contributed by atoms with van der Waals surface area (Å²) in [5.41, 5.74) is 2.39. The quantitative estimate of drug-likeness (QED) is 0.524. The Morgan fingerprint density at radius 2 is 1.87 bits per heavy atom. The molecule has 0 heterocycles. The number of hydrogen-bond acceptors (Lipinski definition) is 3. The maximum Gasteiger partial charge on any atom is 0.226 e. The molecule has 0 atom stereocenters. The van der Waals surface area contributed by atoms with E-state index in [1.54, 1.807) is 6.07 Å². The molecule has 1 aromatic rings. The van der Waals surface area contributed by atoms with Gasteiger partial charge < -0.3 is 16.0 Å². The second-order valence-corrected chi connectivity index (χ2v) is 5.93. The zero-order chi connectivity index (χ0) is 17.2. The molecule has 0 aromatic heterocycles. The van der Waals surface area contributed by atoms with Crippen molar-refractivity contribution < 1.29 is 9.59 Å². The van der Waals surface area contributed by atoms with Gasteiger partial charge in [0.25, 0.3) is 0 Å². The molecule has 1 aromatic carbocycles. The molecule has 5 nitrogen and oxygen atoms in total. The number of unbranched alkanes of at least 4 members (excludes halogenated alkanes) is 3. The Morgan fingerprint density at radius 1 is 1.13 bits per heavy atom. The number of carbonyl (C=O) groups excluding carboxylic acids is 2. The zero-order valence-electron chi connectivity index (χ0n) is 14.0. The van der Waals surface area contributed by atoms with Crippen molar-refractivity contribution in [1.29, 1.82) is 0 Å². The van der Waals surface area contributed by atoms with Crippen LogP contribution in [0.15, 0.2) is 18.2 Å². The molecule has 0 aliphatic carbocycles. The molecule has 1 rings (SSSR count). The van der Waals surface area contributed by atoms with E-state index in [0.717, 1.165) is 42.6 Å². The Morgan fingerprint density at radius 3 is 2.52 bits per heavy atom. The predicted molar refractivity (Wildman–Crippen MR) is 98.6 cm³/mol. The first-order valence-corrected chi connectivity index (χ1v) is 8.32. The fourth-order valence-corrected chi connectivity index (χ4v) is 2.32. The van der Waals surface area contributed by atoms with Gasteiger partial charge in [-0.1, -0.05) is 32.3 Å². The first-order chi connectivity index (χ1) is 10.9. The predicted octanol–water partition coefficient (Wildman–Crippen LogP) is 3.74. The van der Waals surface area contributed by atoms with Gasteiger partial charge >= 0.3 is 0 Å². The van der Waals surface area contributed by atoms with Gasteiger partial charge in [0.2, 0.25) is 11.8 Å². The van der Waals surface area contributed by atoms with Crippen molar-refractivity contribution in [3.8, 4) is 0 Å². The molecule has 0 bridgehead atoms. The summed E-state index contributed by atoms with van der Waals surface area (Å²) in [5, 5.41) is 8.66. The largest absolute Gasteiger partial charge is 0.332 e. The van der Waals surface area contributed by atoms with Gasteiger partial charge in [0.1, 0.15) is 0 Å². The molecule has 2 amide bonds. The number of thiocarbonyl (C=S) groups is 1. The number of carbonyl (C=O) groups is 2. The van der Waals surface area contributed by atoms with E-state index >= 15 is 0 Å². The van der Waals surface area contributed by atoms with Gasteiger partial charge in [-0.05, 0) is 43.3 Å². The normalized spacial score (nSPS) is 10.0. The molecular weight excluding hydrogens is 310 g/mol. The minimum absolute atomic E-state index is 0.0761. The van der Waals surface area contributed by atoms with Crippen LogP contribution in [0, 0.1) is 6.92 Å². The van der Waals surface area contributed by atoms with Gasteiger partial charge in [-0.15, -0.1) is 0 Å². The second-order valence-electron chi connectivity index (χ2n) is 5.52. The summed E-state index contributed by atoms with van der Waals surface area (Å²) in [4.78, 5) is 23.0. The molecule has 0 unspecified atom stereocenters. The highest BCUT2D eigenvalue weighted by molar-refractivity contribution is 7.80. The molecule has 0 fully saturated rings. The van der Waals surface area contributed by atoms with E-state index in [4.69, 9.17) is 12.2 Å². The molecule has 0 saturated heterocycles. The second kappa shape index (κ2) is 9.94. The van der Waals surface area contributed by atoms with Gasteiger partial charge in [0, 0.05) is 24.7 Å². The van der Waals surface area contributed by atoms with Crippen LogP contribution >= 0.6 is 12.2 Å². The molecule has 0 saturated carbocycles. The highest BCUT2D eigenvalue weighted by atomic mass is 32.1. The lowest BCUT2D eigenvalue weighted by Gasteiger charge is -2.12. The number of anilines is 2. The van der Waals surface area contributed by atoms with Crippen molar-refractivity contribution >= 4 is 40.5 Å². The van der Waals surface area contributed by atoms with Crippen LogP contribution in [0.25, 0.3) is 0 Å². The third-order valence-electron chi connectivity index (χ3n) is 3.32.